The second-order valence-corrected chi connectivity index (χ2v) is 5.90. The molecule has 0 aromatic carbocycles. The van der Waals surface area contributed by atoms with Crippen LogP contribution in [0.1, 0.15) is 13.8 Å². The SMILES string of the molecule is CC(C)CNC(=O)CN1CCN(c2ccncc2N)CC1. The molecule has 0 bridgehead atoms. The zero-order valence-corrected chi connectivity index (χ0v) is 12.9. The number of hydrogen-bond acceptors (Lipinski definition) is 5. The lowest BCUT2D eigenvalue weighted by atomic mass is 10.2. The third-order valence-electron chi connectivity index (χ3n) is 3.62. The molecule has 0 saturated carbocycles. The summed E-state index contributed by atoms with van der Waals surface area (Å²) in [4.78, 5) is 20.3. The molecule has 2 rings (SSSR count). The van der Waals surface area contributed by atoms with Gasteiger partial charge in [0, 0.05) is 38.9 Å². The molecule has 1 aliphatic rings. The number of hydrogen-bond donors (Lipinski definition) is 2. The van der Waals surface area contributed by atoms with Crippen LogP contribution in [0.25, 0.3) is 0 Å². The van der Waals surface area contributed by atoms with Crippen molar-refractivity contribution in [1.82, 2.24) is 15.2 Å². The summed E-state index contributed by atoms with van der Waals surface area (Å²) in [6, 6.07) is 1.94. The average Bonchev–Trinajstić information content (AvgIpc) is 2.47. The van der Waals surface area contributed by atoms with Crippen LogP contribution in [0.2, 0.25) is 0 Å². The molecule has 3 N–H and O–H groups in total. The van der Waals surface area contributed by atoms with Crippen molar-refractivity contribution in [2.75, 3.05) is 49.9 Å². The predicted octanol–water partition coefficient (Wildman–Crippen LogP) is 0.558. The summed E-state index contributed by atoms with van der Waals surface area (Å²) in [5.41, 5.74) is 7.70. The van der Waals surface area contributed by atoms with Gasteiger partial charge in [0.1, 0.15) is 0 Å². The quantitative estimate of drug-likeness (QED) is 0.829. The lowest BCUT2D eigenvalue weighted by molar-refractivity contribution is -0.122. The Hall–Kier alpha value is -1.82. The van der Waals surface area contributed by atoms with Gasteiger partial charge in [0.05, 0.1) is 24.1 Å². The largest absolute Gasteiger partial charge is 0.396 e. The first kappa shape index (κ1) is 15.6. The van der Waals surface area contributed by atoms with Gasteiger partial charge in [-0.1, -0.05) is 13.8 Å². The highest BCUT2D eigenvalue weighted by Crippen LogP contribution is 2.22. The van der Waals surface area contributed by atoms with E-state index in [2.05, 4.69) is 33.9 Å². The van der Waals surface area contributed by atoms with Crippen LogP contribution in [0, 0.1) is 5.92 Å². The lowest BCUT2D eigenvalue weighted by Gasteiger charge is -2.36. The van der Waals surface area contributed by atoms with Crippen LogP contribution >= 0.6 is 0 Å². The molecular weight excluding hydrogens is 266 g/mol. The van der Waals surface area contributed by atoms with Crippen molar-refractivity contribution in [2.45, 2.75) is 13.8 Å². The van der Waals surface area contributed by atoms with Gasteiger partial charge in [0.2, 0.25) is 5.91 Å². The Balaban J connectivity index is 1.78. The molecule has 0 atom stereocenters. The molecular formula is C15H25N5O. The van der Waals surface area contributed by atoms with Gasteiger partial charge >= 0.3 is 0 Å². The van der Waals surface area contributed by atoms with Gasteiger partial charge in [-0.3, -0.25) is 14.7 Å². The number of nitrogens with zero attached hydrogens (tertiary/aromatic N) is 3. The number of nitrogen functional groups attached to an aromatic ring is 1. The molecule has 1 aliphatic heterocycles. The van der Waals surface area contributed by atoms with Gasteiger partial charge in [0.15, 0.2) is 0 Å². The summed E-state index contributed by atoms with van der Waals surface area (Å²) >= 11 is 0. The minimum Gasteiger partial charge on any atom is -0.396 e. The first-order chi connectivity index (χ1) is 10.1. The highest BCUT2D eigenvalue weighted by molar-refractivity contribution is 5.78. The zero-order valence-electron chi connectivity index (χ0n) is 12.9. The van der Waals surface area contributed by atoms with Crippen LogP contribution in [-0.2, 0) is 4.79 Å². The van der Waals surface area contributed by atoms with E-state index >= 15 is 0 Å². The fourth-order valence-electron chi connectivity index (χ4n) is 2.41. The molecule has 2 heterocycles. The molecule has 116 valence electrons. The summed E-state index contributed by atoms with van der Waals surface area (Å²) in [6.07, 6.45) is 3.44. The number of carbonyl (C=O) groups excluding carboxylic acids is 1. The van der Waals surface area contributed by atoms with Crippen LogP contribution in [0.4, 0.5) is 11.4 Å². The zero-order chi connectivity index (χ0) is 15.2. The van der Waals surface area contributed by atoms with E-state index in [0.29, 0.717) is 18.2 Å². The second kappa shape index (κ2) is 7.26. The van der Waals surface area contributed by atoms with E-state index in [1.165, 1.54) is 0 Å². The van der Waals surface area contributed by atoms with E-state index < -0.39 is 0 Å². The molecule has 1 saturated heterocycles. The van der Waals surface area contributed by atoms with Gasteiger partial charge in [-0.05, 0) is 12.0 Å². The summed E-state index contributed by atoms with van der Waals surface area (Å²) < 4.78 is 0. The minimum absolute atomic E-state index is 0.112. The van der Waals surface area contributed by atoms with E-state index in [9.17, 15) is 4.79 Å². The molecule has 6 heteroatoms. The normalized spacial score (nSPS) is 16.2. The Kier molecular flexibility index (Phi) is 5.38. The number of amides is 1. The van der Waals surface area contributed by atoms with Crippen molar-refractivity contribution < 1.29 is 4.79 Å². The fraction of sp³-hybridized carbons (Fsp3) is 0.600. The first-order valence-electron chi connectivity index (χ1n) is 7.49. The Morgan fingerprint density at radius 1 is 1.38 bits per heavy atom. The smallest absolute Gasteiger partial charge is 0.234 e. The lowest BCUT2D eigenvalue weighted by Crippen LogP contribution is -2.49. The Bertz CT molecular complexity index is 469. The highest BCUT2D eigenvalue weighted by atomic mass is 16.2. The van der Waals surface area contributed by atoms with Crippen molar-refractivity contribution in [1.29, 1.82) is 0 Å². The monoisotopic (exact) mass is 291 g/mol. The maximum atomic E-state index is 11.8. The molecule has 6 nitrogen and oxygen atoms in total. The van der Waals surface area contributed by atoms with Gasteiger partial charge in [-0.25, -0.2) is 0 Å². The first-order valence-corrected chi connectivity index (χ1v) is 7.49. The van der Waals surface area contributed by atoms with Crippen LogP contribution in [0.5, 0.6) is 0 Å². The molecule has 0 unspecified atom stereocenters. The average molecular weight is 291 g/mol. The third kappa shape index (κ3) is 4.60. The van der Waals surface area contributed by atoms with Crippen molar-refractivity contribution in [3.63, 3.8) is 0 Å². The topological polar surface area (TPSA) is 74.5 Å². The van der Waals surface area contributed by atoms with Gasteiger partial charge in [-0.2, -0.15) is 0 Å². The predicted molar refractivity (Wildman–Crippen MR) is 85.2 cm³/mol. The molecule has 0 spiro atoms. The van der Waals surface area contributed by atoms with Crippen LogP contribution in [-0.4, -0.2) is 55.1 Å². The summed E-state index contributed by atoms with van der Waals surface area (Å²) in [5, 5.41) is 2.96. The fourth-order valence-corrected chi connectivity index (χ4v) is 2.41. The Morgan fingerprint density at radius 3 is 2.71 bits per heavy atom. The minimum atomic E-state index is 0.112. The number of rotatable bonds is 5. The molecule has 0 aliphatic carbocycles. The number of pyridine rings is 1. The number of aromatic nitrogens is 1. The molecule has 21 heavy (non-hydrogen) atoms. The summed E-state index contributed by atoms with van der Waals surface area (Å²) in [7, 11) is 0. The van der Waals surface area contributed by atoms with E-state index in [1.807, 2.05) is 6.07 Å². The van der Waals surface area contributed by atoms with E-state index in [4.69, 9.17) is 5.73 Å². The summed E-state index contributed by atoms with van der Waals surface area (Å²) in [5.74, 6) is 0.598. The van der Waals surface area contributed by atoms with Crippen molar-refractivity contribution >= 4 is 17.3 Å². The standard InChI is InChI=1S/C15H25N5O/c1-12(2)9-18-15(21)11-19-5-7-20(8-6-19)14-3-4-17-10-13(14)16/h3-4,10,12H,5-9,11,16H2,1-2H3,(H,18,21). The molecule has 0 radical (unpaired) electrons. The van der Waals surface area contributed by atoms with Crippen LogP contribution < -0.4 is 16.0 Å². The molecule has 1 fully saturated rings. The number of nitrogens with two attached hydrogens (primary N) is 1. The van der Waals surface area contributed by atoms with Gasteiger partial charge < -0.3 is 16.0 Å². The van der Waals surface area contributed by atoms with Crippen molar-refractivity contribution in [2.24, 2.45) is 5.92 Å². The number of piperazine rings is 1. The van der Waals surface area contributed by atoms with E-state index in [0.717, 1.165) is 38.4 Å². The maximum Gasteiger partial charge on any atom is 0.234 e. The van der Waals surface area contributed by atoms with Crippen LogP contribution in [0.3, 0.4) is 0 Å². The van der Waals surface area contributed by atoms with Gasteiger partial charge in [0.25, 0.3) is 0 Å². The molecule has 1 aromatic heterocycles. The number of nitrogens with one attached hydrogen (secondary N) is 1. The molecule has 1 aromatic rings. The van der Waals surface area contributed by atoms with Crippen molar-refractivity contribution in [3.05, 3.63) is 18.5 Å². The maximum absolute atomic E-state index is 11.8. The van der Waals surface area contributed by atoms with Crippen LogP contribution in [0.15, 0.2) is 18.5 Å². The summed E-state index contributed by atoms with van der Waals surface area (Å²) in [6.45, 7) is 8.92. The van der Waals surface area contributed by atoms with Crippen molar-refractivity contribution in [3.8, 4) is 0 Å². The Morgan fingerprint density at radius 2 is 2.10 bits per heavy atom. The van der Waals surface area contributed by atoms with E-state index in [1.54, 1.807) is 12.4 Å². The number of anilines is 2. The van der Waals surface area contributed by atoms with E-state index in [-0.39, 0.29) is 5.91 Å². The Labute approximate surface area is 126 Å². The van der Waals surface area contributed by atoms with Gasteiger partial charge in [-0.15, -0.1) is 0 Å². The molecule has 1 amide bonds. The number of carbonyl (C=O) groups is 1. The highest BCUT2D eigenvalue weighted by Gasteiger charge is 2.20. The third-order valence-corrected chi connectivity index (χ3v) is 3.62. The second-order valence-electron chi connectivity index (χ2n) is 5.90.